The van der Waals surface area contributed by atoms with E-state index in [1.807, 2.05) is 11.8 Å². The molecule has 1 unspecified atom stereocenters. The third kappa shape index (κ3) is 2.45. The Kier molecular flexibility index (Phi) is 3.51. The van der Waals surface area contributed by atoms with Crippen LogP contribution < -0.4 is 0 Å². The average molecular weight is 243 g/mol. The Morgan fingerprint density at radius 1 is 1.67 bits per heavy atom. The van der Waals surface area contributed by atoms with Crippen molar-refractivity contribution >= 4 is 24.0 Å². The van der Waals surface area contributed by atoms with Crippen molar-refractivity contribution in [3.63, 3.8) is 0 Å². The summed E-state index contributed by atoms with van der Waals surface area (Å²) in [5.41, 5.74) is 0. The normalized spacial score (nSPS) is 21.4. The first-order chi connectivity index (χ1) is 7.18. The molecule has 0 radical (unpaired) electrons. The molecule has 1 aliphatic heterocycles. The zero-order chi connectivity index (χ0) is 10.8. The fourth-order valence-corrected chi connectivity index (χ4v) is 3.39. The highest BCUT2D eigenvalue weighted by Gasteiger charge is 2.23. The Morgan fingerprint density at radius 3 is 3.07 bits per heavy atom. The number of aromatic nitrogens is 3. The second-order valence-electron chi connectivity index (χ2n) is 4.39. The van der Waals surface area contributed by atoms with Gasteiger partial charge < -0.3 is 4.57 Å². The van der Waals surface area contributed by atoms with Gasteiger partial charge in [-0.15, -0.1) is 0 Å². The maximum Gasteiger partial charge on any atom is 0.195 e. The highest BCUT2D eigenvalue weighted by molar-refractivity contribution is 7.99. The second kappa shape index (κ2) is 4.70. The van der Waals surface area contributed by atoms with Crippen molar-refractivity contribution in [2.45, 2.75) is 38.5 Å². The van der Waals surface area contributed by atoms with Crippen molar-refractivity contribution < 1.29 is 0 Å². The van der Waals surface area contributed by atoms with Gasteiger partial charge in [-0.3, -0.25) is 5.10 Å². The van der Waals surface area contributed by atoms with Crippen molar-refractivity contribution in [1.82, 2.24) is 14.8 Å². The van der Waals surface area contributed by atoms with Gasteiger partial charge in [-0.05, 0) is 36.7 Å². The SMILES string of the molecule is CC(C)Cn1c(C2CCCS2)n[nH]c1=S. The fourth-order valence-electron chi connectivity index (χ4n) is 1.90. The quantitative estimate of drug-likeness (QED) is 0.828. The molecule has 3 nitrogen and oxygen atoms in total. The number of nitrogens with zero attached hydrogens (tertiary/aromatic N) is 2. The number of thioether (sulfide) groups is 1. The monoisotopic (exact) mass is 243 g/mol. The molecule has 0 aromatic carbocycles. The lowest BCUT2D eigenvalue weighted by atomic mass is 10.2. The lowest BCUT2D eigenvalue weighted by molar-refractivity contribution is 0.499. The topological polar surface area (TPSA) is 33.6 Å². The number of rotatable bonds is 3. The maximum atomic E-state index is 5.26. The predicted octanol–water partition coefficient (Wildman–Crippen LogP) is 3.16. The highest BCUT2D eigenvalue weighted by Crippen LogP contribution is 2.38. The minimum atomic E-state index is 0.552. The van der Waals surface area contributed by atoms with E-state index in [-0.39, 0.29) is 0 Å². The number of hydrogen-bond donors (Lipinski definition) is 1. The molecule has 0 aliphatic carbocycles. The molecule has 0 saturated carbocycles. The summed E-state index contributed by atoms with van der Waals surface area (Å²) in [6, 6.07) is 0. The van der Waals surface area contributed by atoms with Crippen LogP contribution >= 0.6 is 24.0 Å². The van der Waals surface area contributed by atoms with Gasteiger partial charge in [0.1, 0.15) is 5.82 Å². The molecule has 1 aliphatic rings. The van der Waals surface area contributed by atoms with E-state index in [1.165, 1.54) is 18.6 Å². The molecule has 2 heterocycles. The molecular formula is C10H17N3S2. The van der Waals surface area contributed by atoms with Gasteiger partial charge in [0, 0.05) is 6.54 Å². The van der Waals surface area contributed by atoms with E-state index in [1.54, 1.807) is 0 Å². The van der Waals surface area contributed by atoms with E-state index in [0.717, 1.165) is 17.1 Å². The van der Waals surface area contributed by atoms with Crippen molar-refractivity contribution in [3.05, 3.63) is 10.6 Å². The first kappa shape index (κ1) is 11.2. The number of aromatic amines is 1. The van der Waals surface area contributed by atoms with Gasteiger partial charge >= 0.3 is 0 Å². The third-order valence-corrected chi connectivity index (χ3v) is 4.24. The zero-order valence-electron chi connectivity index (χ0n) is 9.19. The van der Waals surface area contributed by atoms with Gasteiger partial charge in [-0.2, -0.15) is 16.9 Å². The molecule has 1 saturated heterocycles. The summed E-state index contributed by atoms with van der Waals surface area (Å²) >= 11 is 7.26. The summed E-state index contributed by atoms with van der Waals surface area (Å²) in [6.07, 6.45) is 2.54. The zero-order valence-corrected chi connectivity index (χ0v) is 10.8. The van der Waals surface area contributed by atoms with Crippen LogP contribution in [0.3, 0.4) is 0 Å². The molecular weight excluding hydrogens is 226 g/mol. The molecule has 1 aromatic rings. The van der Waals surface area contributed by atoms with Crippen molar-refractivity contribution in [3.8, 4) is 0 Å². The number of nitrogens with one attached hydrogen (secondary N) is 1. The molecule has 1 atom stereocenters. The Labute approximate surface area is 99.7 Å². The van der Waals surface area contributed by atoms with Crippen molar-refractivity contribution in [2.24, 2.45) is 5.92 Å². The first-order valence-corrected chi connectivity index (χ1v) is 6.91. The molecule has 1 N–H and O–H groups in total. The molecule has 0 amide bonds. The Hall–Kier alpha value is -0.290. The van der Waals surface area contributed by atoms with Crippen LogP contribution in [0.2, 0.25) is 0 Å². The third-order valence-electron chi connectivity index (χ3n) is 2.55. The predicted molar refractivity (Wildman–Crippen MR) is 66.7 cm³/mol. The standard InChI is InChI=1S/C10H17N3S2/c1-7(2)6-13-9(11-12-10(13)14)8-4-3-5-15-8/h7-8H,3-6H2,1-2H3,(H,12,14). The molecule has 1 fully saturated rings. The molecule has 15 heavy (non-hydrogen) atoms. The minimum Gasteiger partial charge on any atom is -0.303 e. The molecule has 5 heteroatoms. The van der Waals surface area contributed by atoms with E-state index in [2.05, 4.69) is 28.6 Å². The van der Waals surface area contributed by atoms with Crippen LogP contribution in [0.1, 0.15) is 37.8 Å². The Bertz CT molecular complexity index is 374. The lowest BCUT2D eigenvalue weighted by Crippen LogP contribution is -2.10. The van der Waals surface area contributed by atoms with Crippen LogP contribution in [0.4, 0.5) is 0 Å². The number of hydrogen-bond acceptors (Lipinski definition) is 3. The molecule has 0 spiro atoms. The second-order valence-corrected chi connectivity index (χ2v) is 6.09. The Balaban J connectivity index is 2.26. The van der Waals surface area contributed by atoms with Crippen LogP contribution in [0.25, 0.3) is 0 Å². The van der Waals surface area contributed by atoms with Gasteiger partial charge in [0.15, 0.2) is 4.77 Å². The van der Waals surface area contributed by atoms with Crippen LogP contribution in [0.15, 0.2) is 0 Å². The van der Waals surface area contributed by atoms with E-state index >= 15 is 0 Å². The van der Waals surface area contributed by atoms with E-state index in [4.69, 9.17) is 12.2 Å². The fraction of sp³-hybridized carbons (Fsp3) is 0.800. The number of H-pyrrole nitrogens is 1. The van der Waals surface area contributed by atoms with Gasteiger partial charge in [0.2, 0.25) is 0 Å². The largest absolute Gasteiger partial charge is 0.303 e. The molecule has 1 aromatic heterocycles. The molecule has 2 rings (SSSR count). The Morgan fingerprint density at radius 2 is 2.47 bits per heavy atom. The van der Waals surface area contributed by atoms with Gasteiger partial charge in [-0.1, -0.05) is 13.8 Å². The van der Waals surface area contributed by atoms with E-state index in [9.17, 15) is 0 Å². The van der Waals surface area contributed by atoms with Crippen LogP contribution in [-0.2, 0) is 6.54 Å². The lowest BCUT2D eigenvalue weighted by Gasteiger charge is -2.12. The highest BCUT2D eigenvalue weighted by atomic mass is 32.2. The maximum absolute atomic E-state index is 5.26. The van der Waals surface area contributed by atoms with Crippen molar-refractivity contribution in [2.75, 3.05) is 5.75 Å². The molecule has 84 valence electrons. The summed E-state index contributed by atoms with van der Waals surface area (Å²) < 4.78 is 2.94. The van der Waals surface area contributed by atoms with Crippen molar-refractivity contribution in [1.29, 1.82) is 0 Å². The van der Waals surface area contributed by atoms with Crippen LogP contribution in [0.5, 0.6) is 0 Å². The van der Waals surface area contributed by atoms with Gasteiger partial charge in [-0.25, -0.2) is 0 Å². The first-order valence-electron chi connectivity index (χ1n) is 5.45. The summed E-state index contributed by atoms with van der Waals surface area (Å²) in [6.45, 7) is 5.39. The summed E-state index contributed by atoms with van der Waals surface area (Å²) in [5.74, 6) is 3.02. The summed E-state index contributed by atoms with van der Waals surface area (Å²) in [4.78, 5) is 0. The summed E-state index contributed by atoms with van der Waals surface area (Å²) in [7, 11) is 0. The van der Waals surface area contributed by atoms with Crippen LogP contribution in [0, 0.1) is 10.7 Å². The summed E-state index contributed by atoms with van der Waals surface area (Å²) in [5, 5.41) is 7.85. The van der Waals surface area contributed by atoms with E-state index < -0.39 is 0 Å². The minimum absolute atomic E-state index is 0.552. The van der Waals surface area contributed by atoms with Crippen LogP contribution in [-0.4, -0.2) is 20.5 Å². The van der Waals surface area contributed by atoms with Gasteiger partial charge in [0.25, 0.3) is 0 Å². The average Bonchev–Trinajstić information content (AvgIpc) is 2.76. The molecule has 0 bridgehead atoms. The smallest absolute Gasteiger partial charge is 0.195 e. The van der Waals surface area contributed by atoms with Gasteiger partial charge in [0.05, 0.1) is 5.25 Å². The van der Waals surface area contributed by atoms with E-state index in [0.29, 0.717) is 11.2 Å².